The van der Waals surface area contributed by atoms with Gasteiger partial charge in [0, 0.05) is 42.3 Å². The van der Waals surface area contributed by atoms with Crippen molar-refractivity contribution in [3.63, 3.8) is 0 Å². The number of benzene rings is 1. The predicted molar refractivity (Wildman–Crippen MR) is 118 cm³/mol. The third-order valence-electron chi connectivity index (χ3n) is 4.42. The van der Waals surface area contributed by atoms with E-state index in [0.29, 0.717) is 23.8 Å². The zero-order valence-electron chi connectivity index (χ0n) is 16.7. The van der Waals surface area contributed by atoms with E-state index in [2.05, 4.69) is 40.8 Å². The molecule has 0 amide bonds. The molecule has 9 heteroatoms. The van der Waals surface area contributed by atoms with Crippen molar-refractivity contribution in [2.24, 2.45) is 0 Å². The van der Waals surface area contributed by atoms with E-state index < -0.39 is 0 Å². The van der Waals surface area contributed by atoms with E-state index in [-0.39, 0.29) is 0 Å². The van der Waals surface area contributed by atoms with Crippen LogP contribution >= 0.6 is 11.3 Å². The number of nitrogens with one attached hydrogen (secondary N) is 3. The highest BCUT2D eigenvalue weighted by Gasteiger charge is 2.20. The third kappa shape index (κ3) is 5.93. The molecule has 0 spiro atoms. The maximum Gasteiger partial charge on any atom is 0.234 e. The molecular weight excluding hydrogens is 384 g/mol. The van der Waals surface area contributed by atoms with E-state index in [1.165, 1.54) is 17.7 Å². The van der Waals surface area contributed by atoms with Crippen LogP contribution in [0.4, 0.5) is 17.0 Å². The quantitative estimate of drug-likeness (QED) is 0.470. The van der Waals surface area contributed by atoms with Crippen LogP contribution in [0.1, 0.15) is 17.7 Å². The Hall–Kier alpha value is -2.62. The Morgan fingerprint density at radius 1 is 1.07 bits per heavy atom. The van der Waals surface area contributed by atoms with Crippen LogP contribution in [0.2, 0.25) is 0 Å². The molecule has 0 saturated heterocycles. The van der Waals surface area contributed by atoms with Gasteiger partial charge in [-0.25, -0.2) is 4.98 Å². The molecule has 2 heterocycles. The largest absolute Gasteiger partial charge is 0.353 e. The van der Waals surface area contributed by atoms with E-state index in [0.717, 1.165) is 30.3 Å². The maximum absolute atomic E-state index is 4.60. The molecular formula is C20H26N8S. The number of nitrogens with zero attached hydrogens (tertiary/aromatic N) is 5. The van der Waals surface area contributed by atoms with Gasteiger partial charge >= 0.3 is 0 Å². The zero-order valence-corrected chi connectivity index (χ0v) is 17.5. The highest BCUT2D eigenvalue weighted by atomic mass is 32.1. The lowest BCUT2D eigenvalue weighted by Crippen LogP contribution is -2.21. The predicted octanol–water partition coefficient (Wildman–Crippen LogP) is 2.96. The molecule has 0 atom stereocenters. The van der Waals surface area contributed by atoms with E-state index >= 15 is 0 Å². The molecule has 4 rings (SSSR count). The van der Waals surface area contributed by atoms with Gasteiger partial charge < -0.3 is 15.5 Å². The first kappa shape index (κ1) is 19.7. The normalized spacial score (nSPS) is 13.6. The van der Waals surface area contributed by atoms with Crippen LogP contribution in [0.3, 0.4) is 0 Å². The summed E-state index contributed by atoms with van der Waals surface area (Å²) in [7, 11) is 4.07. The minimum atomic E-state index is 0.488. The third-order valence-corrected chi connectivity index (χ3v) is 5.34. The summed E-state index contributed by atoms with van der Waals surface area (Å²) in [6.07, 6.45) is 4.46. The van der Waals surface area contributed by atoms with Crippen LogP contribution < -0.4 is 16.0 Å². The summed E-state index contributed by atoms with van der Waals surface area (Å²) < 4.78 is 0. The summed E-state index contributed by atoms with van der Waals surface area (Å²) >= 11 is 1.61. The summed E-state index contributed by atoms with van der Waals surface area (Å²) in [4.78, 5) is 21.5. The van der Waals surface area contributed by atoms with Crippen molar-refractivity contribution in [3.8, 4) is 11.4 Å². The van der Waals surface area contributed by atoms with Gasteiger partial charge in [-0.1, -0.05) is 30.3 Å². The fourth-order valence-electron chi connectivity index (χ4n) is 2.69. The topological polar surface area (TPSA) is 90.9 Å². The van der Waals surface area contributed by atoms with E-state index in [1.807, 2.05) is 50.6 Å². The molecule has 0 bridgehead atoms. The molecule has 1 fully saturated rings. The lowest BCUT2D eigenvalue weighted by atomic mass is 10.2. The van der Waals surface area contributed by atoms with Gasteiger partial charge in [-0.05, 0) is 26.9 Å². The van der Waals surface area contributed by atoms with Gasteiger partial charge in [0.05, 0.1) is 0 Å². The SMILES string of the molecule is CN(C)CCNc1nc(Nc2ncc(CNC3CC3)s2)nc(-c2ccccc2)n1. The Bertz CT molecular complexity index is 923. The molecule has 2 aromatic heterocycles. The Kier molecular flexibility index (Phi) is 6.28. The summed E-state index contributed by atoms with van der Waals surface area (Å²) in [6, 6.07) is 10.6. The molecule has 0 aliphatic heterocycles. The van der Waals surface area contributed by atoms with E-state index in [1.54, 1.807) is 11.3 Å². The van der Waals surface area contributed by atoms with Crippen LogP contribution in [-0.2, 0) is 6.54 Å². The minimum absolute atomic E-state index is 0.488. The van der Waals surface area contributed by atoms with E-state index in [4.69, 9.17) is 0 Å². The van der Waals surface area contributed by atoms with Crippen LogP contribution in [0.5, 0.6) is 0 Å². The monoisotopic (exact) mass is 410 g/mol. The van der Waals surface area contributed by atoms with Crippen molar-refractivity contribution >= 4 is 28.4 Å². The Morgan fingerprint density at radius 3 is 2.62 bits per heavy atom. The maximum atomic E-state index is 4.60. The number of aromatic nitrogens is 4. The van der Waals surface area contributed by atoms with Gasteiger partial charge in [-0.2, -0.15) is 15.0 Å². The summed E-state index contributed by atoms with van der Waals surface area (Å²) in [6.45, 7) is 2.49. The number of anilines is 3. The second kappa shape index (κ2) is 9.25. The van der Waals surface area contributed by atoms with Crippen molar-refractivity contribution in [1.29, 1.82) is 0 Å². The van der Waals surface area contributed by atoms with Crippen molar-refractivity contribution in [3.05, 3.63) is 41.4 Å². The molecule has 1 aliphatic carbocycles. The van der Waals surface area contributed by atoms with Crippen LogP contribution in [0.25, 0.3) is 11.4 Å². The number of hydrogen-bond donors (Lipinski definition) is 3. The molecule has 3 aromatic rings. The highest BCUT2D eigenvalue weighted by molar-refractivity contribution is 7.15. The molecule has 29 heavy (non-hydrogen) atoms. The molecule has 0 radical (unpaired) electrons. The van der Waals surface area contributed by atoms with Gasteiger partial charge in [0.1, 0.15) is 0 Å². The van der Waals surface area contributed by atoms with Crippen LogP contribution in [-0.4, -0.2) is 58.1 Å². The average molecular weight is 411 g/mol. The number of likely N-dealkylation sites (N-methyl/N-ethyl adjacent to an activating group) is 1. The first-order valence-electron chi connectivity index (χ1n) is 9.81. The molecule has 8 nitrogen and oxygen atoms in total. The van der Waals surface area contributed by atoms with Gasteiger partial charge in [-0.15, -0.1) is 11.3 Å². The fourth-order valence-corrected chi connectivity index (χ4v) is 3.45. The number of rotatable bonds is 10. The summed E-state index contributed by atoms with van der Waals surface area (Å²) in [5, 5.41) is 10.8. The first-order valence-corrected chi connectivity index (χ1v) is 10.6. The van der Waals surface area contributed by atoms with E-state index in [9.17, 15) is 0 Å². The molecule has 0 unspecified atom stereocenters. The standard InChI is InChI=1S/C20H26N8S/c1-28(2)11-10-21-18-24-17(14-6-4-3-5-7-14)25-19(26-18)27-20-23-13-16(29-20)12-22-15-8-9-15/h3-7,13,15,22H,8-12H2,1-2H3,(H2,21,23,24,25,26,27). The number of thiazole rings is 1. The minimum Gasteiger partial charge on any atom is -0.353 e. The highest BCUT2D eigenvalue weighted by Crippen LogP contribution is 2.25. The second-order valence-electron chi connectivity index (χ2n) is 7.31. The van der Waals surface area contributed by atoms with Gasteiger partial charge in [-0.3, -0.25) is 5.32 Å². The van der Waals surface area contributed by atoms with Crippen molar-refractivity contribution in [2.45, 2.75) is 25.4 Å². The second-order valence-corrected chi connectivity index (χ2v) is 8.43. The number of hydrogen-bond acceptors (Lipinski definition) is 9. The summed E-state index contributed by atoms with van der Waals surface area (Å²) in [5.41, 5.74) is 0.946. The van der Waals surface area contributed by atoms with Gasteiger partial charge in [0.25, 0.3) is 0 Å². The average Bonchev–Trinajstić information content (AvgIpc) is 3.45. The summed E-state index contributed by atoms with van der Waals surface area (Å²) in [5.74, 6) is 1.67. The molecule has 152 valence electrons. The van der Waals surface area contributed by atoms with Crippen molar-refractivity contribution < 1.29 is 0 Å². The van der Waals surface area contributed by atoms with Crippen molar-refractivity contribution in [1.82, 2.24) is 30.2 Å². The zero-order chi connectivity index (χ0) is 20.1. The first-order chi connectivity index (χ1) is 14.2. The molecule has 3 N–H and O–H groups in total. The Labute approximate surface area is 174 Å². The van der Waals surface area contributed by atoms with Crippen molar-refractivity contribution in [2.75, 3.05) is 37.8 Å². The molecule has 1 aromatic carbocycles. The lowest BCUT2D eigenvalue weighted by Gasteiger charge is -2.12. The van der Waals surface area contributed by atoms with Gasteiger partial charge in [0.2, 0.25) is 11.9 Å². The lowest BCUT2D eigenvalue weighted by molar-refractivity contribution is 0.425. The molecule has 1 saturated carbocycles. The Balaban J connectivity index is 1.51. The Morgan fingerprint density at radius 2 is 1.86 bits per heavy atom. The van der Waals surface area contributed by atoms with Gasteiger partial charge in [0.15, 0.2) is 11.0 Å². The smallest absolute Gasteiger partial charge is 0.234 e. The fraction of sp³-hybridized carbons (Fsp3) is 0.400. The van der Waals surface area contributed by atoms with Crippen LogP contribution in [0, 0.1) is 0 Å². The van der Waals surface area contributed by atoms with Crippen LogP contribution in [0.15, 0.2) is 36.5 Å². The molecule has 1 aliphatic rings.